The average molecular weight is 225 g/mol. The lowest BCUT2D eigenvalue weighted by molar-refractivity contribution is 0.220. The van der Waals surface area contributed by atoms with E-state index in [1.165, 1.54) is 25.9 Å². The minimum absolute atomic E-state index is 1.08. The summed E-state index contributed by atoms with van der Waals surface area (Å²) in [5.41, 5.74) is 0. The van der Waals surface area contributed by atoms with Gasteiger partial charge in [-0.15, -0.1) is 0 Å². The fourth-order valence-corrected chi connectivity index (χ4v) is 1.98. The van der Waals surface area contributed by atoms with Crippen LogP contribution in [0.3, 0.4) is 0 Å². The van der Waals surface area contributed by atoms with Crippen LogP contribution in [-0.2, 0) is 0 Å². The van der Waals surface area contributed by atoms with Crippen LogP contribution in [0.1, 0.15) is 33.6 Å². The molecule has 0 N–H and O–H groups in total. The average Bonchev–Trinajstić information content (AvgIpc) is 2.76. The van der Waals surface area contributed by atoms with Crippen LogP contribution < -0.4 is 0 Å². The van der Waals surface area contributed by atoms with Gasteiger partial charge in [0, 0.05) is 32.0 Å². The standard InChI is InChI=1S/C13H27N3/c1-4-7-8-15-11-12-16(13-15)10-9-14(5-2)6-3/h11-12H,4-10,13H2,1-3H3. The van der Waals surface area contributed by atoms with Crippen molar-refractivity contribution in [1.29, 1.82) is 0 Å². The first-order valence-corrected chi connectivity index (χ1v) is 6.68. The van der Waals surface area contributed by atoms with Crippen LogP contribution in [0.4, 0.5) is 0 Å². The van der Waals surface area contributed by atoms with E-state index in [4.69, 9.17) is 0 Å². The van der Waals surface area contributed by atoms with Crippen molar-refractivity contribution in [3.63, 3.8) is 0 Å². The second-order valence-electron chi connectivity index (χ2n) is 4.44. The molecule has 0 bridgehead atoms. The zero-order valence-corrected chi connectivity index (χ0v) is 11.2. The summed E-state index contributed by atoms with van der Waals surface area (Å²) in [6.07, 6.45) is 7.05. The van der Waals surface area contributed by atoms with E-state index in [2.05, 4.69) is 47.9 Å². The molecule has 0 amide bonds. The van der Waals surface area contributed by atoms with Crippen molar-refractivity contribution in [1.82, 2.24) is 14.7 Å². The van der Waals surface area contributed by atoms with Gasteiger partial charge in [-0.1, -0.05) is 27.2 Å². The molecule has 0 aromatic rings. The molecule has 1 aliphatic rings. The maximum absolute atomic E-state index is 2.47. The van der Waals surface area contributed by atoms with Gasteiger partial charge in [0.2, 0.25) is 0 Å². The van der Waals surface area contributed by atoms with E-state index in [0.29, 0.717) is 0 Å². The molecule has 0 saturated carbocycles. The SMILES string of the molecule is CCCCN1C=CN(CCN(CC)CC)C1. The third-order valence-corrected chi connectivity index (χ3v) is 3.25. The summed E-state index contributed by atoms with van der Waals surface area (Å²) < 4.78 is 0. The Hall–Kier alpha value is -0.700. The zero-order valence-electron chi connectivity index (χ0n) is 11.2. The van der Waals surface area contributed by atoms with Crippen molar-refractivity contribution in [2.75, 3.05) is 39.4 Å². The van der Waals surface area contributed by atoms with Gasteiger partial charge in [0.1, 0.15) is 0 Å². The van der Waals surface area contributed by atoms with Crippen LogP contribution in [0.15, 0.2) is 12.4 Å². The number of likely N-dealkylation sites (N-methyl/N-ethyl adjacent to an activating group) is 1. The molecule has 0 saturated heterocycles. The molecule has 0 fully saturated rings. The molecule has 1 aliphatic heterocycles. The van der Waals surface area contributed by atoms with Gasteiger partial charge in [-0.05, 0) is 19.5 Å². The molecule has 3 heteroatoms. The fraction of sp³-hybridized carbons (Fsp3) is 0.846. The molecule has 3 nitrogen and oxygen atoms in total. The molecule has 0 aromatic carbocycles. The smallest absolute Gasteiger partial charge is 0.0894 e. The van der Waals surface area contributed by atoms with Crippen LogP contribution >= 0.6 is 0 Å². The van der Waals surface area contributed by atoms with E-state index >= 15 is 0 Å². The van der Waals surface area contributed by atoms with Crippen molar-refractivity contribution < 1.29 is 0 Å². The van der Waals surface area contributed by atoms with Crippen molar-refractivity contribution in [3.05, 3.63) is 12.4 Å². The van der Waals surface area contributed by atoms with E-state index in [0.717, 1.165) is 26.3 Å². The van der Waals surface area contributed by atoms with Gasteiger partial charge in [0.05, 0.1) is 6.67 Å². The predicted octanol–water partition coefficient (Wildman–Crippen LogP) is 2.17. The first-order valence-electron chi connectivity index (χ1n) is 6.68. The van der Waals surface area contributed by atoms with Crippen molar-refractivity contribution >= 4 is 0 Å². The summed E-state index contributed by atoms with van der Waals surface area (Å²) in [5, 5.41) is 0. The normalized spacial score (nSPS) is 15.5. The van der Waals surface area contributed by atoms with Crippen LogP contribution in [-0.4, -0.2) is 54.1 Å². The first kappa shape index (κ1) is 13.4. The molecule has 0 unspecified atom stereocenters. The largest absolute Gasteiger partial charge is 0.359 e. The number of hydrogen-bond donors (Lipinski definition) is 0. The monoisotopic (exact) mass is 225 g/mol. The Morgan fingerprint density at radius 1 is 1.00 bits per heavy atom. The van der Waals surface area contributed by atoms with Gasteiger partial charge in [-0.2, -0.15) is 0 Å². The fourth-order valence-electron chi connectivity index (χ4n) is 1.98. The maximum atomic E-state index is 2.47. The third kappa shape index (κ3) is 4.44. The van der Waals surface area contributed by atoms with Crippen molar-refractivity contribution in [3.8, 4) is 0 Å². The van der Waals surface area contributed by atoms with E-state index < -0.39 is 0 Å². The Morgan fingerprint density at radius 2 is 1.62 bits per heavy atom. The van der Waals surface area contributed by atoms with E-state index in [-0.39, 0.29) is 0 Å². The molecular formula is C13H27N3. The molecule has 16 heavy (non-hydrogen) atoms. The number of rotatable bonds is 8. The summed E-state index contributed by atoms with van der Waals surface area (Å²) in [4.78, 5) is 7.29. The minimum Gasteiger partial charge on any atom is -0.359 e. The molecule has 1 heterocycles. The van der Waals surface area contributed by atoms with Crippen LogP contribution in [0.25, 0.3) is 0 Å². The van der Waals surface area contributed by atoms with Crippen LogP contribution in [0, 0.1) is 0 Å². The van der Waals surface area contributed by atoms with Gasteiger partial charge in [0.15, 0.2) is 0 Å². The molecule has 0 spiro atoms. The maximum Gasteiger partial charge on any atom is 0.0894 e. The number of nitrogens with zero attached hydrogens (tertiary/aromatic N) is 3. The van der Waals surface area contributed by atoms with Crippen LogP contribution in [0.5, 0.6) is 0 Å². The summed E-state index contributed by atoms with van der Waals surface area (Å²) in [6.45, 7) is 13.7. The Morgan fingerprint density at radius 3 is 2.19 bits per heavy atom. The van der Waals surface area contributed by atoms with Gasteiger partial charge in [0.25, 0.3) is 0 Å². The Labute approximate surface area is 101 Å². The summed E-state index contributed by atoms with van der Waals surface area (Å²) >= 11 is 0. The quantitative estimate of drug-likeness (QED) is 0.627. The first-order chi connectivity index (χ1) is 7.80. The van der Waals surface area contributed by atoms with Gasteiger partial charge in [-0.3, -0.25) is 0 Å². The lowest BCUT2D eigenvalue weighted by atomic mass is 10.3. The molecule has 0 aromatic heterocycles. The molecular weight excluding hydrogens is 198 g/mol. The zero-order chi connectivity index (χ0) is 11.8. The minimum atomic E-state index is 1.08. The number of hydrogen-bond acceptors (Lipinski definition) is 3. The molecule has 0 radical (unpaired) electrons. The van der Waals surface area contributed by atoms with E-state index in [1.807, 2.05) is 0 Å². The third-order valence-electron chi connectivity index (χ3n) is 3.25. The van der Waals surface area contributed by atoms with Crippen LogP contribution in [0.2, 0.25) is 0 Å². The highest BCUT2D eigenvalue weighted by Crippen LogP contribution is 2.07. The molecule has 1 rings (SSSR count). The number of unbranched alkanes of at least 4 members (excludes halogenated alkanes) is 1. The Balaban J connectivity index is 2.14. The van der Waals surface area contributed by atoms with Gasteiger partial charge < -0.3 is 14.7 Å². The van der Waals surface area contributed by atoms with E-state index in [1.54, 1.807) is 0 Å². The summed E-state index contributed by atoms with van der Waals surface area (Å²) in [5.74, 6) is 0. The van der Waals surface area contributed by atoms with Gasteiger partial charge in [-0.25, -0.2) is 0 Å². The van der Waals surface area contributed by atoms with E-state index in [9.17, 15) is 0 Å². The van der Waals surface area contributed by atoms with Crippen molar-refractivity contribution in [2.45, 2.75) is 33.6 Å². The highest BCUT2D eigenvalue weighted by molar-refractivity contribution is 4.90. The molecule has 0 atom stereocenters. The molecule has 94 valence electrons. The van der Waals surface area contributed by atoms with Crippen molar-refractivity contribution in [2.24, 2.45) is 0 Å². The summed E-state index contributed by atoms with van der Waals surface area (Å²) in [6, 6.07) is 0. The Bertz CT molecular complexity index is 199. The Kier molecular flexibility index (Phi) is 6.31. The lowest BCUT2D eigenvalue weighted by Gasteiger charge is -2.24. The highest BCUT2D eigenvalue weighted by atomic mass is 15.3. The van der Waals surface area contributed by atoms with Gasteiger partial charge >= 0.3 is 0 Å². The summed E-state index contributed by atoms with van der Waals surface area (Å²) in [7, 11) is 0. The predicted molar refractivity (Wildman–Crippen MR) is 70.1 cm³/mol. The second-order valence-corrected chi connectivity index (χ2v) is 4.44. The second kappa shape index (κ2) is 7.55. The highest BCUT2D eigenvalue weighted by Gasteiger charge is 2.11. The topological polar surface area (TPSA) is 9.72 Å². The lowest BCUT2D eigenvalue weighted by Crippen LogP contribution is -2.34. The molecule has 0 aliphatic carbocycles.